The van der Waals surface area contributed by atoms with Crippen LogP contribution in [0.5, 0.6) is 0 Å². The predicted molar refractivity (Wildman–Crippen MR) is 147 cm³/mol. The molecule has 0 amide bonds. The van der Waals surface area contributed by atoms with E-state index in [1.807, 2.05) is 36.6 Å². The number of rotatable bonds is 9. The molecule has 0 aliphatic carbocycles. The van der Waals surface area contributed by atoms with Gasteiger partial charge < -0.3 is 10.1 Å². The van der Waals surface area contributed by atoms with E-state index in [0.29, 0.717) is 35.1 Å². The van der Waals surface area contributed by atoms with Gasteiger partial charge in [0.15, 0.2) is 5.78 Å². The van der Waals surface area contributed by atoms with Gasteiger partial charge in [0, 0.05) is 29.6 Å². The average Bonchev–Trinajstić information content (AvgIpc) is 3.32. The summed E-state index contributed by atoms with van der Waals surface area (Å²) in [7, 11) is -3.57. The van der Waals surface area contributed by atoms with Crippen LogP contribution in [0.25, 0.3) is 11.1 Å². The number of thiophene rings is 1. The Balaban J connectivity index is 1.48. The van der Waals surface area contributed by atoms with E-state index in [9.17, 15) is 18.0 Å². The van der Waals surface area contributed by atoms with E-state index in [4.69, 9.17) is 4.74 Å². The van der Waals surface area contributed by atoms with Crippen molar-refractivity contribution in [2.24, 2.45) is 5.92 Å². The van der Waals surface area contributed by atoms with Crippen molar-refractivity contribution < 1.29 is 22.7 Å². The summed E-state index contributed by atoms with van der Waals surface area (Å²) in [5.74, 6) is -0.133. The van der Waals surface area contributed by atoms with Gasteiger partial charge in [-0.25, -0.2) is 13.2 Å². The second-order valence-electron chi connectivity index (χ2n) is 9.33. The summed E-state index contributed by atoms with van der Waals surface area (Å²) >= 11 is 1.34. The summed E-state index contributed by atoms with van der Waals surface area (Å²) in [6.45, 7) is 7.11. The van der Waals surface area contributed by atoms with Gasteiger partial charge in [-0.2, -0.15) is 4.31 Å². The Morgan fingerprint density at radius 2 is 1.70 bits per heavy atom. The zero-order valence-corrected chi connectivity index (χ0v) is 23.0. The Kier molecular flexibility index (Phi) is 8.46. The molecular formula is C28H32N2O5S2. The molecule has 37 heavy (non-hydrogen) atoms. The third-order valence-electron chi connectivity index (χ3n) is 6.60. The number of ketones is 1. The number of piperidine rings is 1. The second-order valence-corrected chi connectivity index (χ2v) is 12.1. The van der Waals surface area contributed by atoms with Crippen LogP contribution < -0.4 is 5.32 Å². The fourth-order valence-electron chi connectivity index (χ4n) is 4.29. The molecule has 3 aromatic rings. The number of nitrogens with one attached hydrogen (secondary N) is 1. The molecule has 0 spiro atoms. The minimum absolute atomic E-state index is 0.0453. The van der Waals surface area contributed by atoms with Crippen LogP contribution in [0.1, 0.15) is 53.0 Å². The van der Waals surface area contributed by atoms with Crippen molar-refractivity contribution in [1.82, 2.24) is 4.31 Å². The van der Waals surface area contributed by atoms with E-state index in [2.05, 4.69) is 12.2 Å². The number of aryl methyl sites for hydroxylation is 1. The molecule has 9 heteroatoms. The van der Waals surface area contributed by atoms with E-state index in [-0.39, 0.29) is 23.8 Å². The van der Waals surface area contributed by atoms with Gasteiger partial charge in [0.25, 0.3) is 0 Å². The SMILES string of the molecule is CCOC(=O)c1c(-c2ccc(C)cc2)csc1NCC(=O)c1ccc(S(=O)(=O)N2CCC(C)CC2)cc1. The highest BCUT2D eigenvalue weighted by Gasteiger charge is 2.28. The molecule has 2 aromatic carbocycles. The number of ether oxygens (including phenoxy) is 1. The van der Waals surface area contributed by atoms with Gasteiger partial charge in [-0.1, -0.05) is 36.8 Å². The summed E-state index contributed by atoms with van der Waals surface area (Å²) in [5, 5.41) is 5.53. The number of hydrogen-bond acceptors (Lipinski definition) is 7. The molecule has 1 N–H and O–H groups in total. The van der Waals surface area contributed by atoms with Crippen LogP contribution in [0.4, 0.5) is 5.00 Å². The minimum atomic E-state index is -3.57. The number of esters is 1. The largest absolute Gasteiger partial charge is 0.462 e. The summed E-state index contributed by atoms with van der Waals surface area (Å²) < 4.78 is 32.7. The summed E-state index contributed by atoms with van der Waals surface area (Å²) in [5.41, 5.74) is 3.56. The van der Waals surface area contributed by atoms with E-state index in [0.717, 1.165) is 29.5 Å². The molecule has 1 aliphatic heterocycles. The highest BCUT2D eigenvalue weighted by Crippen LogP contribution is 2.36. The number of benzene rings is 2. The van der Waals surface area contributed by atoms with Crippen molar-refractivity contribution in [3.63, 3.8) is 0 Å². The van der Waals surface area contributed by atoms with E-state index >= 15 is 0 Å². The van der Waals surface area contributed by atoms with Crippen LogP contribution in [0.2, 0.25) is 0 Å². The normalized spacial score (nSPS) is 14.9. The zero-order valence-electron chi connectivity index (χ0n) is 21.3. The Hall–Kier alpha value is -3.01. The summed E-state index contributed by atoms with van der Waals surface area (Å²) in [4.78, 5) is 25.9. The molecule has 1 fully saturated rings. The molecule has 0 atom stereocenters. The van der Waals surface area contributed by atoms with Crippen molar-refractivity contribution in [3.05, 3.63) is 70.6 Å². The molecule has 1 aliphatic rings. The Morgan fingerprint density at radius 1 is 1.05 bits per heavy atom. The van der Waals surface area contributed by atoms with Crippen LogP contribution in [-0.4, -0.2) is 50.7 Å². The highest BCUT2D eigenvalue weighted by atomic mass is 32.2. The number of sulfonamides is 1. The first-order valence-corrected chi connectivity index (χ1v) is 14.8. The van der Waals surface area contributed by atoms with E-state index in [1.54, 1.807) is 19.1 Å². The molecule has 7 nitrogen and oxygen atoms in total. The van der Waals surface area contributed by atoms with Gasteiger partial charge in [0.05, 0.1) is 18.0 Å². The second kappa shape index (κ2) is 11.6. The fourth-order valence-corrected chi connectivity index (χ4v) is 6.72. The van der Waals surface area contributed by atoms with Crippen molar-refractivity contribution in [2.45, 2.75) is 38.5 Å². The monoisotopic (exact) mass is 540 g/mol. The Labute approximate surface area is 222 Å². The van der Waals surface area contributed by atoms with Crippen LogP contribution in [0, 0.1) is 12.8 Å². The van der Waals surface area contributed by atoms with Crippen molar-refractivity contribution in [2.75, 3.05) is 31.6 Å². The first-order valence-electron chi connectivity index (χ1n) is 12.4. The van der Waals surface area contributed by atoms with Crippen molar-refractivity contribution in [1.29, 1.82) is 0 Å². The summed E-state index contributed by atoms with van der Waals surface area (Å²) in [6, 6.07) is 13.9. The molecule has 1 aromatic heterocycles. The van der Waals surface area contributed by atoms with Gasteiger partial charge in [-0.15, -0.1) is 11.3 Å². The maximum atomic E-state index is 13.0. The molecule has 0 bridgehead atoms. The maximum absolute atomic E-state index is 13.0. The molecule has 0 radical (unpaired) electrons. The first kappa shape index (κ1) is 27.0. The zero-order chi connectivity index (χ0) is 26.6. The lowest BCUT2D eigenvalue weighted by Crippen LogP contribution is -2.37. The van der Waals surface area contributed by atoms with E-state index in [1.165, 1.54) is 27.8 Å². The Bertz CT molecular complexity index is 1350. The molecule has 1 saturated heterocycles. The molecular weight excluding hydrogens is 508 g/mol. The molecule has 0 saturated carbocycles. The molecule has 196 valence electrons. The van der Waals surface area contributed by atoms with Crippen LogP contribution >= 0.6 is 11.3 Å². The minimum Gasteiger partial charge on any atom is -0.462 e. The van der Waals surface area contributed by atoms with Crippen molar-refractivity contribution in [3.8, 4) is 11.1 Å². The predicted octanol–water partition coefficient (Wildman–Crippen LogP) is 5.62. The lowest BCUT2D eigenvalue weighted by molar-refractivity contribution is 0.0528. The maximum Gasteiger partial charge on any atom is 0.341 e. The number of Topliss-reactive ketones (excluding diaryl/α,β-unsaturated/α-hetero) is 1. The third kappa shape index (κ3) is 6.11. The number of hydrogen-bond donors (Lipinski definition) is 1. The molecule has 2 heterocycles. The number of anilines is 1. The van der Waals surface area contributed by atoms with Crippen LogP contribution in [0.3, 0.4) is 0 Å². The number of nitrogens with zero attached hydrogens (tertiary/aromatic N) is 1. The van der Waals surface area contributed by atoms with Gasteiger partial charge in [-0.3, -0.25) is 4.79 Å². The van der Waals surface area contributed by atoms with Gasteiger partial charge >= 0.3 is 5.97 Å². The van der Waals surface area contributed by atoms with Crippen LogP contribution in [-0.2, 0) is 14.8 Å². The molecule has 4 rings (SSSR count). The number of carbonyl (C=O) groups excluding carboxylic acids is 2. The first-order chi connectivity index (χ1) is 17.7. The summed E-state index contributed by atoms with van der Waals surface area (Å²) in [6.07, 6.45) is 1.70. The smallest absolute Gasteiger partial charge is 0.341 e. The van der Waals surface area contributed by atoms with Gasteiger partial charge in [0.1, 0.15) is 10.6 Å². The van der Waals surface area contributed by atoms with E-state index < -0.39 is 16.0 Å². The lowest BCUT2D eigenvalue weighted by Gasteiger charge is -2.29. The van der Waals surface area contributed by atoms with Gasteiger partial charge in [0.2, 0.25) is 10.0 Å². The lowest BCUT2D eigenvalue weighted by atomic mass is 10.0. The Morgan fingerprint density at radius 3 is 2.32 bits per heavy atom. The topological polar surface area (TPSA) is 92.8 Å². The number of carbonyl (C=O) groups is 2. The van der Waals surface area contributed by atoms with Gasteiger partial charge in [-0.05, 0) is 62.4 Å². The third-order valence-corrected chi connectivity index (χ3v) is 9.45. The average molecular weight is 541 g/mol. The molecule has 0 unspecified atom stereocenters. The quantitative estimate of drug-likeness (QED) is 0.280. The fraction of sp³-hybridized carbons (Fsp3) is 0.357. The highest BCUT2D eigenvalue weighted by molar-refractivity contribution is 7.89. The van der Waals surface area contributed by atoms with Crippen LogP contribution in [0.15, 0.2) is 58.8 Å². The standard InChI is InChI=1S/C28H32N2O5S2/c1-4-35-28(32)26-24(21-7-5-19(2)6-8-21)18-36-27(26)29-17-25(31)22-9-11-23(12-10-22)37(33,34)30-15-13-20(3)14-16-30/h5-12,18,20,29H,4,13-17H2,1-3H3. The van der Waals surface area contributed by atoms with Crippen molar-refractivity contribution >= 4 is 38.1 Å².